The SMILES string of the molecule is COC(=O)C(C)CN[C@H](C)c1ccccn1. The molecule has 1 heterocycles. The van der Waals surface area contributed by atoms with E-state index < -0.39 is 0 Å². The van der Waals surface area contributed by atoms with Crippen LogP contribution < -0.4 is 5.32 Å². The van der Waals surface area contributed by atoms with E-state index in [0.29, 0.717) is 6.54 Å². The van der Waals surface area contributed by atoms with Crippen LogP contribution in [0.4, 0.5) is 0 Å². The average molecular weight is 222 g/mol. The van der Waals surface area contributed by atoms with Gasteiger partial charge in [0.05, 0.1) is 18.7 Å². The third-order valence-corrected chi connectivity index (χ3v) is 2.47. The Bertz CT molecular complexity index is 327. The van der Waals surface area contributed by atoms with Gasteiger partial charge in [0, 0.05) is 18.8 Å². The third kappa shape index (κ3) is 3.62. The van der Waals surface area contributed by atoms with Gasteiger partial charge in [-0.15, -0.1) is 0 Å². The van der Waals surface area contributed by atoms with Crippen LogP contribution in [0.15, 0.2) is 24.4 Å². The molecular weight excluding hydrogens is 204 g/mol. The molecule has 16 heavy (non-hydrogen) atoms. The average Bonchev–Trinajstić information content (AvgIpc) is 2.35. The standard InChI is InChI=1S/C12H18N2O2/c1-9(12(15)16-3)8-14-10(2)11-6-4-5-7-13-11/h4-7,9-10,14H,8H2,1-3H3/t9?,10-/m1/s1. The summed E-state index contributed by atoms with van der Waals surface area (Å²) in [6, 6.07) is 5.92. The lowest BCUT2D eigenvalue weighted by Gasteiger charge is -2.15. The normalized spacial score (nSPS) is 14.2. The highest BCUT2D eigenvalue weighted by Crippen LogP contribution is 2.08. The molecule has 0 saturated heterocycles. The van der Waals surface area contributed by atoms with Gasteiger partial charge in [-0.3, -0.25) is 9.78 Å². The summed E-state index contributed by atoms with van der Waals surface area (Å²) in [6.45, 7) is 4.45. The molecule has 0 radical (unpaired) electrons. The highest BCUT2D eigenvalue weighted by molar-refractivity contribution is 5.72. The van der Waals surface area contributed by atoms with Gasteiger partial charge in [0.15, 0.2) is 0 Å². The van der Waals surface area contributed by atoms with Gasteiger partial charge in [-0.2, -0.15) is 0 Å². The molecule has 1 N–H and O–H groups in total. The van der Waals surface area contributed by atoms with Gasteiger partial charge in [0.2, 0.25) is 0 Å². The van der Waals surface area contributed by atoms with Crippen molar-refractivity contribution in [3.05, 3.63) is 30.1 Å². The summed E-state index contributed by atoms with van der Waals surface area (Å²) in [6.07, 6.45) is 1.76. The molecular formula is C12H18N2O2. The highest BCUT2D eigenvalue weighted by atomic mass is 16.5. The van der Waals surface area contributed by atoms with Gasteiger partial charge in [-0.05, 0) is 19.1 Å². The largest absolute Gasteiger partial charge is 0.469 e. The van der Waals surface area contributed by atoms with Gasteiger partial charge in [-0.25, -0.2) is 0 Å². The number of carbonyl (C=O) groups is 1. The van der Waals surface area contributed by atoms with E-state index in [-0.39, 0.29) is 17.9 Å². The first-order valence-electron chi connectivity index (χ1n) is 5.37. The van der Waals surface area contributed by atoms with Gasteiger partial charge >= 0.3 is 5.97 Å². The molecule has 0 saturated carbocycles. The second kappa shape index (κ2) is 6.23. The van der Waals surface area contributed by atoms with Crippen LogP contribution in [0.25, 0.3) is 0 Å². The number of hydrogen-bond acceptors (Lipinski definition) is 4. The molecule has 1 aromatic rings. The monoisotopic (exact) mass is 222 g/mol. The first-order valence-corrected chi connectivity index (χ1v) is 5.37. The molecule has 0 spiro atoms. The third-order valence-electron chi connectivity index (χ3n) is 2.47. The lowest BCUT2D eigenvalue weighted by atomic mass is 10.1. The fourth-order valence-electron chi connectivity index (χ4n) is 1.37. The van der Waals surface area contributed by atoms with Crippen LogP contribution in [0.5, 0.6) is 0 Å². The van der Waals surface area contributed by atoms with Crippen molar-refractivity contribution in [2.45, 2.75) is 19.9 Å². The summed E-state index contributed by atoms with van der Waals surface area (Å²) in [4.78, 5) is 15.4. The summed E-state index contributed by atoms with van der Waals surface area (Å²) >= 11 is 0. The summed E-state index contributed by atoms with van der Waals surface area (Å²) < 4.78 is 4.66. The van der Waals surface area contributed by atoms with Crippen LogP contribution in [0.3, 0.4) is 0 Å². The number of pyridine rings is 1. The summed E-state index contributed by atoms with van der Waals surface area (Å²) in [5.41, 5.74) is 0.972. The minimum absolute atomic E-state index is 0.133. The Kier molecular flexibility index (Phi) is 4.92. The van der Waals surface area contributed by atoms with Crippen molar-refractivity contribution in [3.8, 4) is 0 Å². The van der Waals surface area contributed by atoms with E-state index in [1.54, 1.807) is 6.20 Å². The number of esters is 1. The van der Waals surface area contributed by atoms with Gasteiger partial charge in [0.25, 0.3) is 0 Å². The van der Waals surface area contributed by atoms with E-state index in [1.165, 1.54) is 7.11 Å². The maximum atomic E-state index is 11.2. The Hall–Kier alpha value is -1.42. The number of rotatable bonds is 5. The van der Waals surface area contributed by atoms with E-state index in [2.05, 4.69) is 15.0 Å². The van der Waals surface area contributed by atoms with Crippen LogP contribution in [0.1, 0.15) is 25.6 Å². The van der Waals surface area contributed by atoms with E-state index in [0.717, 1.165) is 5.69 Å². The van der Waals surface area contributed by atoms with Crippen LogP contribution in [0, 0.1) is 5.92 Å². The van der Waals surface area contributed by atoms with Gasteiger partial charge in [0.1, 0.15) is 0 Å². The molecule has 0 aliphatic heterocycles. The Morgan fingerprint density at radius 1 is 1.50 bits per heavy atom. The first kappa shape index (κ1) is 12.6. The van der Waals surface area contributed by atoms with Crippen molar-refractivity contribution in [1.82, 2.24) is 10.3 Å². The molecule has 4 nitrogen and oxygen atoms in total. The number of nitrogens with zero attached hydrogens (tertiary/aromatic N) is 1. The Morgan fingerprint density at radius 2 is 2.25 bits per heavy atom. The number of carbonyl (C=O) groups excluding carboxylic acids is 1. The van der Waals surface area contributed by atoms with Crippen molar-refractivity contribution in [3.63, 3.8) is 0 Å². The van der Waals surface area contributed by atoms with Crippen molar-refractivity contribution < 1.29 is 9.53 Å². The molecule has 1 unspecified atom stereocenters. The molecule has 0 fully saturated rings. The molecule has 0 bridgehead atoms. The van der Waals surface area contributed by atoms with Crippen molar-refractivity contribution in [1.29, 1.82) is 0 Å². The van der Waals surface area contributed by atoms with Crippen molar-refractivity contribution in [2.24, 2.45) is 5.92 Å². The minimum atomic E-state index is -0.194. The van der Waals surface area contributed by atoms with Gasteiger partial charge < -0.3 is 10.1 Å². The van der Waals surface area contributed by atoms with E-state index in [1.807, 2.05) is 32.0 Å². The summed E-state index contributed by atoms with van der Waals surface area (Å²) in [5.74, 6) is -0.336. The zero-order chi connectivity index (χ0) is 12.0. The lowest BCUT2D eigenvalue weighted by Crippen LogP contribution is -2.29. The molecule has 0 aromatic carbocycles. The Balaban J connectivity index is 2.41. The van der Waals surface area contributed by atoms with Crippen LogP contribution >= 0.6 is 0 Å². The van der Waals surface area contributed by atoms with Crippen LogP contribution in [-0.4, -0.2) is 24.6 Å². The van der Waals surface area contributed by atoms with E-state index in [9.17, 15) is 4.79 Å². The minimum Gasteiger partial charge on any atom is -0.469 e. The second-order valence-corrected chi connectivity index (χ2v) is 3.81. The molecule has 1 aromatic heterocycles. The number of ether oxygens (including phenoxy) is 1. The maximum Gasteiger partial charge on any atom is 0.309 e. The number of hydrogen-bond donors (Lipinski definition) is 1. The Morgan fingerprint density at radius 3 is 2.81 bits per heavy atom. The van der Waals surface area contributed by atoms with Gasteiger partial charge in [-0.1, -0.05) is 13.0 Å². The van der Waals surface area contributed by atoms with Crippen molar-refractivity contribution in [2.75, 3.05) is 13.7 Å². The molecule has 1 rings (SSSR count). The highest BCUT2D eigenvalue weighted by Gasteiger charge is 2.14. The number of nitrogens with one attached hydrogen (secondary N) is 1. The zero-order valence-corrected chi connectivity index (χ0v) is 9.93. The molecule has 4 heteroatoms. The quantitative estimate of drug-likeness (QED) is 0.768. The van der Waals surface area contributed by atoms with Crippen LogP contribution in [-0.2, 0) is 9.53 Å². The summed E-state index contributed by atoms with van der Waals surface area (Å²) in [5, 5.41) is 3.25. The Labute approximate surface area is 96.0 Å². The molecule has 88 valence electrons. The fraction of sp³-hybridized carbons (Fsp3) is 0.500. The zero-order valence-electron chi connectivity index (χ0n) is 9.93. The number of methoxy groups -OCH3 is 1. The topological polar surface area (TPSA) is 51.2 Å². The molecule has 2 atom stereocenters. The van der Waals surface area contributed by atoms with Crippen LogP contribution in [0.2, 0.25) is 0 Å². The molecule has 0 aliphatic carbocycles. The smallest absolute Gasteiger partial charge is 0.309 e. The predicted octanol–water partition coefficient (Wildman–Crippen LogP) is 1.54. The van der Waals surface area contributed by atoms with Crippen molar-refractivity contribution >= 4 is 5.97 Å². The van der Waals surface area contributed by atoms with E-state index >= 15 is 0 Å². The van der Waals surface area contributed by atoms with E-state index in [4.69, 9.17) is 0 Å². The summed E-state index contributed by atoms with van der Waals surface area (Å²) in [7, 11) is 1.40. The molecule has 0 amide bonds. The predicted molar refractivity (Wildman–Crippen MR) is 61.8 cm³/mol. The fourth-order valence-corrected chi connectivity index (χ4v) is 1.37. The number of aromatic nitrogens is 1. The molecule has 0 aliphatic rings. The first-order chi connectivity index (χ1) is 7.65. The second-order valence-electron chi connectivity index (χ2n) is 3.81. The lowest BCUT2D eigenvalue weighted by molar-refractivity contribution is -0.144. The maximum absolute atomic E-state index is 11.2.